The van der Waals surface area contributed by atoms with Crippen molar-refractivity contribution >= 4 is 12.1 Å². The lowest BCUT2D eigenvalue weighted by Crippen LogP contribution is -2.57. The molecule has 0 radical (unpaired) electrons. The first-order chi connectivity index (χ1) is 15.1. The third-order valence-corrected chi connectivity index (χ3v) is 6.84. The molecule has 1 N–H and O–H groups in total. The summed E-state index contributed by atoms with van der Waals surface area (Å²) < 4.78 is 16.8. The van der Waals surface area contributed by atoms with Crippen molar-refractivity contribution in [1.29, 1.82) is 0 Å². The van der Waals surface area contributed by atoms with Crippen molar-refractivity contribution in [2.24, 2.45) is 17.8 Å². The Morgan fingerprint density at radius 3 is 2.50 bits per heavy atom. The van der Waals surface area contributed by atoms with E-state index < -0.39 is 11.7 Å². The molecule has 2 fully saturated rings. The lowest BCUT2D eigenvalue weighted by atomic mass is 9.81. The molecule has 1 aromatic rings. The van der Waals surface area contributed by atoms with Gasteiger partial charge in [0.05, 0.1) is 19.1 Å². The highest BCUT2D eigenvalue weighted by molar-refractivity contribution is 5.73. The zero-order valence-electron chi connectivity index (χ0n) is 19.7. The van der Waals surface area contributed by atoms with Crippen LogP contribution in [0.5, 0.6) is 5.75 Å². The molecule has 1 aromatic carbocycles. The molecule has 1 saturated carbocycles. The van der Waals surface area contributed by atoms with Gasteiger partial charge in [0.15, 0.2) is 0 Å². The van der Waals surface area contributed by atoms with E-state index in [1.165, 1.54) is 7.11 Å². The minimum Gasteiger partial charge on any atom is -0.489 e. The molecule has 0 bridgehead atoms. The number of ether oxygens (including phenoxy) is 3. The van der Waals surface area contributed by atoms with Gasteiger partial charge in [0.1, 0.15) is 17.5 Å². The van der Waals surface area contributed by atoms with Crippen LogP contribution in [0.4, 0.5) is 4.79 Å². The van der Waals surface area contributed by atoms with E-state index in [2.05, 4.69) is 0 Å². The fourth-order valence-electron chi connectivity index (χ4n) is 4.96. The number of amides is 1. The van der Waals surface area contributed by atoms with Gasteiger partial charge >= 0.3 is 12.1 Å². The lowest BCUT2D eigenvalue weighted by molar-refractivity contribution is -0.145. The standard InChI is InChI=1S/C25H35NO6/c1-14(23(28)30-5)22(15-6-7-15)16-8-9-18-19(27)11-20(31-21(18)10-16)17-12-26(13-17)24(29)32-25(2,3)4/h8-10,14-15,17,19-20,22,27H,6-7,11-13H2,1-5H3/t14-,19?,20?,22-/m0/s1. The van der Waals surface area contributed by atoms with E-state index in [1.54, 1.807) is 4.90 Å². The van der Waals surface area contributed by atoms with Crippen LogP contribution < -0.4 is 4.74 Å². The fraction of sp³-hybridized carbons (Fsp3) is 0.680. The molecule has 2 aliphatic heterocycles. The molecule has 7 nitrogen and oxygen atoms in total. The number of likely N-dealkylation sites (tertiary alicyclic amines) is 1. The molecule has 2 unspecified atom stereocenters. The number of carbonyl (C=O) groups is 2. The van der Waals surface area contributed by atoms with Crippen molar-refractivity contribution in [3.63, 3.8) is 0 Å². The molecular formula is C25H35NO6. The predicted molar refractivity (Wildman–Crippen MR) is 118 cm³/mol. The summed E-state index contributed by atoms with van der Waals surface area (Å²) in [6.07, 6.45) is 1.64. The molecule has 4 rings (SSSR count). The van der Waals surface area contributed by atoms with E-state index in [-0.39, 0.29) is 35.9 Å². The number of carbonyl (C=O) groups excluding carboxylic acids is 2. The number of nitrogens with zero attached hydrogens (tertiary/aromatic N) is 1. The van der Waals surface area contributed by atoms with Gasteiger partial charge in [-0.25, -0.2) is 4.79 Å². The van der Waals surface area contributed by atoms with Crippen LogP contribution in [-0.2, 0) is 14.3 Å². The van der Waals surface area contributed by atoms with Crippen LogP contribution in [0.3, 0.4) is 0 Å². The van der Waals surface area contributed by atoms with E-state index >= 15 is 0 Å². The molecule has 3 aliphatic rings. The number of benzene rings is 1. The number of aliphatic hydroxyl groups is 1. The Balaban J connectivity index is 1.46. The highest BCUT2D eigenvalue weighted by Crippen LogP contribution is 2.49. The van der Waals surface area contributed by atoms with E-state index in [1.807, 2.05) is 45.9 Å². The van der Waals surface area contributed by atoms with E-state index in [0.29, 0.717) is 31.2 Å². The van der Waals surface area contributed by atoms with Crippen LogP contribution in [0.2, 0.25) is 0 Å². The highest BCUT2D eigenvalue weighted by atomic mass is 16.6. The fourth-order valence-corrected chi connectivity index (χ4v) is 4.96. The van der Waals surface area contributed by atoms with Gasteiger partial charge in [-0.15, -0.1) is 0 Å². The van der Waals surface area contributed by atoms with E-state index in [0.717, 1.165) is 24.0 Å². The molecule has 1 aliphatic carbocycles. The molecule has 1 amide bonds. The van der Waals surface area contributed by atoms with Crippen molar-refractivity contribution in [1.82, 2.24) is 4.90 Å². The maximum atomic E-state index is 12.2. The van der Waals surface area contributed by atoms with Gasteiger partial charge < -0.3 is 24.2 Å². The number of aliphatic hydroxyl groups excluding tert-OH is 1. The van der Waals surface area contributed by atoms with Crippen LogP contribution in [0, 0.1) is 17.8 Å². The number of fused-ring (bicyclic) bond motifs is 1. The molecule has 2 heterocycles. The van der Waals surface area contributed by atoms with Gasteiger partial charge in [-0.2, -0.15) is 0 Å². The Morgan fingerprint density at radius 2 is 1.91 bits per heavy atom. The maximum absolute atomic E-state index is 12.2. The summed E-state index contributed by atoms with van der Waals surface area (Å²) in [7, 11) is 1.43. The Hall–Kier alpha value is -2.28. The van der Waals surface area contributed by atoms with Crippen LogP contribution in [-0.4, -0.2) is 54.0 Å². The van der Waals surface area contributed by atoms with Gasteiger partial charge in [-0.3, -0.25) is 4.79 Å². The minimum atomic E-state index is -0.606. The number of hydrogen-bond donors (Lipinski definition) is 1. The normalized spacial score (nSPS) is 25.1. The largest absolute Gasteiger partial charge is 0.489 e. The Morgan fingerprint density at radius 1 is 1.22 bits per heavy atom. The first kappa shape index (κ1) is 22.9. The molecule has 0 spiro atoms. The molecular weight excluding hydrogens is 410 g/mol. The zero-order chi connectivity index (χ0) is 23.2. The third-order valence-electron chi connectivity index (χ3n) is 6.84. The summed E-state index contributed by atoms with van der Waals surface area (Å²) in [5.74, 6) is 0.964. The molecule has 7 heteroatoms. The number of rotatable bonds is 5. The maximum Gasteiger partial charge on any atom is 0.410 e. The van der Waals surface area contributed by atoms with Crippen LogP contribution >= 0.6 is 0 Å². The monoisotopic (exact) mass is 445 g/mol. The Labute approximate surface area is 190 Å². The van der Waals surface area contributed by atoms with Crippen LogP contribution in [0.1, 0.15) is 70.1 Å². The lowest BCUT2D eigenvalue weighted by Gasteiger charge is -2.45. The first-order valence-electron chi connectivity index (χ1n) is 11.6. The average Bonchev–Trinajstić information content (AvgIpc) is 3.49. The Kier molecular flexibility index (Phi) is 6.14. The second-order valence-electron chi connectivity index (χ2n) is 10.5. The van der Waals surface area contributed by atoms with Crippen molar-refractivity contribution < 1.29 is 28.9 Å². The van der Waals surface area contributed by atoms with Gasteiger partial charge in [0.25, 0.3) is 0 Å². The predicted octanol–water partition coefficient (Wildman–Crippen LogP) is 4.04. The smallest absolute Gasteiger partial charge is 0.410 e. The highest BCUT2D eigenvalue weighted by Gasteiger charge is 2.43. The first-order valence-corrected chi connectivity index (χ1v) is 11.6. The molecule has 4 atom stereocenters. The summed E-state index contributed by atoms with van der Waals surface area (Å²) in [5.41, 5.74) is 1.32. The Bertz CT molecular complexity index is 868. The molecule has 176 valence electrons. The second-order valence-corrected chi connectivity index (χ2v) is 10.5. The molecule has 32 heavy (non-hydrogen) atoms. The van der Waals surface area contributed by atoms with Gasteiger partial charge in [-0.05, 0) is 57.1 Å². The SMILES string of the molecule is COC(=O)[C@@H](C)[C@H](c1ccc2c(c1)OC(C1CN(C(=O)OC(C)(C)C)C1)CC2O)C1CC1. The summed E-state index contributed by atoms with van der Waals surface area (Å²) in [4.78, 5) is 26.1. The van der Waals surface area contributed by atoms with Crippen LogP contribution in [0.15, 0.2) is 18.2 Å². The minimum absolute atomic E-state index is 0.0835. The van der Waals surface area contributed by atoms with Crippen molar-refractivity contribution in [3.05, 3.63) is 29.3 Å². The summed E-state index contributed by atoms with van der Waals surface area (Å²) in [6.45, 7) is 8.61. The average molecular weight is 446 g/mol. The van der Waals surface area contributed by atoms with Crippen molar-refractivity contribution in [2.75, 3.05) is 20.2 Å². The van der Waals surface area contributed by atoms with Crippen molar-refractivity contribution in [2.45, 2.75) is 70.7 Å². The summed E-state index contributed by atoms with van der Waals surface area (Å²) in [5, 5.41) is 10.8. The van der Waals surface area contributed by atoms with Gasteiger partial charge in [-0.1, -0.05) is 19.1 Å². The zero-order valence-corrected chi connectivity index (χ0v) is 19.7. The van der Waals surface area contributed by atoms with Crippen molar-refractivity contribution in [3.8, 4) is 5.75 Å². The topological polar surface area (TPSA) is 85.3 Å². The van der Waals surface area contributed by atoms with Gasteiger partial charge in [0.2, 0.25) is 0 Å². The number of hydrogen-bond acceptors (Lipinski definition) is 6. The molecule has 0 aromatic heterocycles. The second kappa shape index (κ2) is 8.58. The number of methoxy groups -OCH3 is 1. The van der Waals surface area contributed by atoms with E-state index in [4.69, 9.17) is 14.2 Å². The van der Waals surface area contributed by atoms with Crippen LogP contribution in [0.25, 0.3) is 0 Å². The van der Waals surface area contributed by atoms with E-state index in [9.17, 15) is 14.7 Å². The van der Waals surface area contributed by atoms with Gasteiger partial charge in [0, 0.05) is 31.0 Å². The third kappa shape index (κ3) is 4.72. The quantitative estimate of drug-likeness (QED) is 0.689. The molecule has 1 saturated heterocycles. The summed E-state index contributed by atoms with van der Waals surface area (Å²) in [6, 6.07) is 5.94. The summed E-state index contributed by atoms with van der Waals surface area (Å²) >= 11 is 0. The number of esters is 1.